The zero-order valence-corrected chi connectivity index (χ0v) is 26.4. The Morgan fingerprint density at radius 2 is 1.21 bits per heavy atom. The van der Waals surface area contributed by atoms with Crippen LogP contribution < -0.4 is 0 Å². The van der Waals surface area contributed by atoms with Crippen LogP contribution in [0.5, 0.6) is 0 Å². The molecule has 0 radical (unpaired) electrons. The maximum atomic E-state index is 12.1. The second kappa shape index (κ2) is 14.5. The summed E-state index contributed by atoms with van der Waals surface area (Å²) in [5.74, 6) is -3.21. The number of esters is 4. The maximum Gasteiger partial charge on any atom is 0.303 e. The van der Waals surface area contributed by atoms with Crippen LogP contribution >= 0.6 is 0 Å². The van der Waals surface area contributed by atoms with Crippen LogP contribution in [0.4, 0.5) is 0 Å². The van der Waals surface area contributed by atoms with Gasteiger partial charge in [0, 0.05) is 27.7 Å². The van der Waals surface area contributed by atoms with Crippen LogP contribution in [0.2, 0.25) is 18.1 Å². The summed E-state index contributed by atoms with van der Waals surface area (Å²) < 4.78 is 44.4. The van der Waals surface area contributed by atoms with E-state index in [9.17, 15) is 34.5 Å². The molecule has 2 rings (SSSR count). The van der Waals surface area contributed by atoms with E-state index in [2.05, 4.69) is 0 Å². The molecule has 2 saturated heterocycles. The lowest BCUT2D eigenvalue weighted by Crippen LogP contribution is -2.66. The Balaban J connectivity index is 2.44. The van der Waals surface area contributed by atoms with Crippen LogP contribution in [0.1, 0.15) is 48.5 Å². The molecule has 242 valence electrons. The summed E-state index contributed by atoms with van der Waals surface area (Å²) in [7, 11) is -2.31. The second-order valence-corrected chi connectivity index (χ2v) is 16.6. The van der Waals surface area contributed by atoms with Crippen LogP contribution in [-0.4, -0.2) is 122 Å². The molecule has 0 saturated carbocycles. The van der Waals surface area contributed by atoms with Crippen LogP contribution in [-0.2, 0) is 56.8 Å². The third kappa shape index (κ3) is 9.41. The SMILES string of the molecule is CC(=O)OCC1O[C@@H](OC2C(O)[C@@H](O)OC(CO[Si](C)(C)C(C)(C)C)[C@@H]2O)C(OC(C)=O)C(OC(C)=O)[C@@H]1OC(C)=O. The lowest BCUT2D eigenvalue weighted by molar-refractivity contribution is -0.356. The molecule has 2 heterocycles. The quantitative estimate of drug-likeness (QED) is 0.165. The van der Waals surface area contributed by atoms with Gasteiger partial charge in [-0.15, -0.1) is 0 Å². The van der Waals surface area contributed by atoms with Gasteiger partial charge >= 0.3 is 23.9 Å². The van der Waals surface area contributed by atoms with Gasteiger partial charge in [-0.3, -0.25) is 19.2 Å². The van der Waals surface area contributed by atoms with Crippen molar-refractivity contribution in [1.82, 2.24) is 0 Å². The summed E-state index contributed by atoms with van der Waals surface area (Å²) in [6.07, 6.45) is -15.5. The van der Waals surface area contributed by atoms with Gasteiger partial charge < -0.3 is 52.9 Å². The van der Waals surface area contributed by atoms with E-state index in [0.29, 0.717) is 0 Å². The molecule has 0 aromatic heterocycles. The number of aliphatic hydroxyl groups excluding tert-OH is 3. The number of hydrogen-bond acceptors (Lipinski definition) is 15. The van der Waals surface area contributed by atoms with Crippen molar-refractivity contribution in [2.75, 3.05) is 13.2 Å². The normalized spacial score (nSPS) is 33.8. The molecule has 42 heavy (non-hydrogen) atoms. The molecule has 2 aliphatic heterocycles. The second-order valence-electron chi connectivity index (χ2n) is 11.8. The van der Waals surface area contributed by atoms with Crippen molar-refractivity contribution in [3.8, 4) is 0 Å². The molecule has 3 N–H and O–H groups in total. The highest BCUT2D eigenvalue weighted by Gasteiger charge is 2.55. The van der Waals surface area contributed by atoms with Crippen LogP contribution in [0.3, 0.4) is 0 Å². The monoisotopic (exact) mass is 624 g/mol. The number of ether oxygens (including phenoxy) is 7. The Labute approximate surface area is 245 Å². The largest absolute Gasteiger partial charge is 0.463 e. The summed E-state index contributed by atoms with van der Waals surface area (Å²) in [5, 5.41) is 32.2. The number of carbonyl (C=O) groups excluding carboxylic acids is 4. The van der Waals surface area contributed by atoms with Crippen molar-refractivity contribution < 1.29 is 72.1 Å². The standard InChI is InChI=1S/C26H44O15Si/c1-12(27)34-10-17-20(36-13(2)28)22(37-14(3)29)23(38-15(4)30)25(40-17)41-21-18(31)16(39-24(33)19(21)32)11-35-42(8,9)26(5,6)7/h16-25,31-33H,10-11H2,1-9H3/t16?,17?,18-,19?,20+,21?,22?,23?,24-,25-/m0/s1. The molecule has 0 aromatic carbocycles. The highest BCUT2D eigenvalue weighted by Crippen LogP contribution is 2.38. The summed E-state index contributed by atoms with van der Waals surface area (Å²) in [6, 6.07) is 0. The van der Waals surface area contributed by atoms with E-state index >= 15 is 0 Å². The van der Waals surface area contributed by atoms with Gasteiger partial charge in [-0.05, 0) is 18.1 Å². The molecular formula is C26H44O15Si. The summed E-state index contributed by atoms with van der Waals surface area (Å²) in [4.78, 5) is 47.6. The van der Waals surface area contributed by atoms with Gasteiger partial charge in [0.1, 0.15) is 37.1 Å². The summed E-state index contributed by atoms with van der Waals surface area (Å²) in [5.41, 5.74) is 0. The van der Waals surface area contributed by atoms with Crippen molar-refractivity contribution >= 4 is 32.2 Å². The van der Waals surface area contributed by atoms with Gasteiger partial charge in [-0.1, -0.05) is 20.8 Å². The van der Waals surface area contributed by atoms with Crippen LogP contribution in [0.15, 0.2) is 0 Å². The molecule has 0 aromatic rings. The lowest BCUT2D eigenvalue weighted by atomic mass is 9.96. The average molecular weight is 625 g/mol. The Morgan fingerprint density at radius 3 is 1.71 bits per heavy atom. The first-order chi connectivity index (χ1) is 19.2. The van der Waals surface area contributed by atoms with E-state index in [1.807, 2.05) is 33.9 Å². The van der Waals surface area contributed by atoms with Gasteiger partial charge in [0.25, 0.3) is 0 Å². The van der Waals surface area contributed by atoms with E-state index in [4.69, 9.17) is 37.6 Å². The third-order valence-corrected chi connectivity index (χ3v) is 11.8. The van der Waals surface area contributed by atoms with Gasteiger partial charge in [0.2, 0.25) is 0 Å². The highest BCUT2D eigenvalue weighted by molar-refractivity contribution is 6.74. The van der Waals surface area contributed by atoms with Crippen molar-refractivity contribution in [3.63, 3.8) is 0 Å². The minimum atomic E-state index is -2.31. The smallest absolute Gasteiger partial charge is 0.303 e. The number of aliphatic hydroxyl groups is 3. The van der Waals surface area contributed by atoms with Crippen molar-refractivity contribution in [2.24, 2.45) is 0 Å². The number of rotatable bonds is 10. The molecule has 6 unspecified atom stereocenters. The van der Waals surface area contributed by atoms with Gasteiger partial charge in [-0.2, -0.15) is 0 Å². The molecule has 16 heteroatoms. The van der Waals surface area contributed by atoms with Gasteiger partial charge in [0.15, 0.2) is 39.2 Å². The molecular weight excluding hydrogens is 580 g/mol. The summed E-state index contributed by atoms with van der Waals surface area (Å²) in [6.45, 7) is 13.7. The van der Waals surface area contributed by atoms with Crippen LogP contribution in [0, 0.1) is 0 Å². The fourth-order valence-electron chi connectivity index (χ4n) is 4.17. The first kappa shape index (κ1) is 36.0. The molecule has 0 amide bonds. The fraction of sp³-hybridized carbons (Fsp3) is 0.846. The zero-order chi connectivity index (χ0) is 32.2. The van der Waals surface area contributed by atoms with Crippen molar-refractivity contribution in [1.29, 1.82) is 0 Å². The predicted molar refractivity (Wildman–Crippen MR) is 143 cm³/mol. The van der Waals surface area contributed by atoms with E-state index in [1.165, 1.54) is 0 Å². The van der Waals surface area contributed by atoms with Gasteiger partial charge in [0.05, 0.1) is 6.61 Å². The van der Waals surface area contributed by atoms with E-state index < -0.39 is 100 Å². The molecule has 0 bridgehead atoms. The molecule has 10 atom stereocenters. The number of carbonyl (C=O) groups is 4. The Morgan fingerprint density at radius 1 is 0.690 bits per heavy atom. The van der Waals surface area contributed by atoms with E-state index in [0.717, 1.165) is 27.7 Å². The molecule has 2 fully saturated rings. The lowest BCUT2D eigenvalue weighted by Gasteiger charge is -2.47. The Kier molecular flexibility index (Phi) is 12.5. The average Bonchev–Trinajstić information content (AvgIpc) is 2.83. The maximum absolute atomic E-state index is 12.1. The summed E-state index contributed by atoms with van der Waals surface area (Å²) >= 11 is 0. The molecule has 0 spiro atoms. The van der Waals surface area contributed by atoms with Crippen LogP contribution in [0.25, 0.3) is 0 Å². The number of hydrogen-bond donors (Lipinski definition) is 3. The minimum absolute atomic E-state index is 0.139. The van der Waals surface area contributed by atoms with Gasteiger partial charge in [-0.25, -0.2) is 0 Å². The fourth-order valence-corrected chi connectivity index (χ4v) is 5.19. The Bertz CT molecular complexity index is 966. The zero-order valence-electron chi connectivity index (χ0n) is 25.4. The molecule has 2 aliphatic rings. The van der Waals surface area contributed by atoms with E-state index in [1.54, 1.807) is 0 Å². The minimum Gasteiger partial charge on any atom is -0.463 e. The molecule has 0 aliphatic carbocycles. The third-order valence-electron chi connectivity index (χ3n) is 7.31. The van der Waals surface area contributed by atoms with E-state index in [-0.39, 0.29) is 11.6 Å². The van der Waals surface area contributed by atoms with Crippen molar-refractivity contribution in [3.05, 3.63) is 0 Å². The first-order valence-electron chi connectivity index (χ1n) is 13.5. The molecule has 15 nitrogen and oxygen atoms in total. The highest BCUT2D eigenvalue weighted by atomic mass is 28.4. The topological polar surface area (TPSA) is 203 Å². The Hall–Kier alpha value is -2.18. The first-order valence-corrected chi connectivity index (χ1v) is 16.5. The van der Waals surface area contributed by atoms with Crippen molar-refractivity contribution in [2.45, 2.75) is 128 Å². The predicted octanol–water partition coefficient (Wildman–Crippen LogP) is -0.0845.